The van der Waals surface area contributed by atoms with E-state index < -0.39 is 0 Å². The maximum atomic E-state index is 11.9. The van der Waals surface area contributed by atoms with Crippen LogP contribution in [-0.2, 0) is 4.79 Å². The van der Waals surface area contributed by atoms with Gasteiger partial charge in [-0.2, -0.15) is 0 Å². The van der Waals surface area contributed by atoms with Crippen molar-refractivity contribution >= 4 is 5.91 Å². The first-order valence-electron chi connectivity index (χ1n) is 7.61. The van der Waals surface area contributed by atoms with Gasteiger partial charge < -0.3 is 15.5 Å². The average molecular weight is 268 g/mol. The van der Waals surface area contributed by atoms with Crippen molar-refractivity contribution in [3.05, 3.63) is 0 Å². The van der Waals surface area contributed by atoms with Gasteiger partial charge in [-0.15, -0.1) is 0 Å². The Morgan fingerprint density at radius 3 is 2.32 bits per heavy atom. The minimum Gasteiger partial charge on any atom is -0.340 e. The summed E-state index contributed by atoms with van der Waals surface area (Å²) in [5.41, 5.74) is 5.45. The van der Waals surface area contributed by atoms with Crippen LogP contribution in [0, 0.1) is 0 Å². The Balaban J connectivity index is 1.71. The molecule has 5 nitrogen and oxygen atoms in total. The summed E-state index contributed by atoms with van der Waals surface area (Å²) in [6.45, 7) is 6.92. The molecule has 110 valence electrons. The topological polar surface area (TPSA) is 52.8 Å². The largest absolute Gasteiger partial charge is 0.340 e. The molecule has 0 aromatic carbocycles. The van der Waals surface area contributed by atoms with E-state index in [0.717, 1.165) is 38.6 Å². The summed E-state index contributed by atoms with van der Waals surface area (Å²) in [6.07, 6.45) is 3.98. The maximum Gasteiger partial charge on any atom is 0.222 e. The average Bonchev–Trinajstić information content (AvgIpc) is 2.46. The van der Waals surface area contributed by atoms with Crippen molar-refractivity contribution in [2.24, 2.45) is 5.73 Å². The van der Waals surface area contributed by atoms with Gasteiger partial charge in [0.25, 0.3) is 0 Å². The maximum absolute atomic E-state index is 11.9. The molecule has 2 aliphatic heterocycles. The van der Waals surface area contributed by atoms with Crippen molar-refractivity contribution in [1.29, 1.82) is 0 Å². The van der Waals surface area contributed by atoms with E-state index in [2.05, 4.69) is 16.8 Å². The number of hydrogen-bond donors (Lipinski definition) is 1. The van der Waals surface area contributed by atoms with Crippen LogP contribution in [0.25, 0.3) is 0 Å². The van der Waals surface area contributed by atoms with Crippen molar-refractivity contribution < 1.29 is 4.79 Å². The molecule has 0 unspecified atom stereocenters. The second kappa shape index (κ2) is 7.22. The van der Waals surface area contributed by atoms with E-state index in [9.17, 15) is 4.79 Å². The van der Waals surface area contributed by atoms with Crippen LogP contribution in [0.2, 0.25) is 0 Å². The number of nitrogens with zero attached hydrogens (tertiary/aromatic N) is 3. The number of likely N-dealkylation sites (tertiary alicyclic amines) is 1. The molecule has 2 saturated heterocycles. The predicted molar refractivity (Wildman–Crippen MR) is 77.0 cm³/mol. The first kappa shape index (κ1) is 14.8. The van der Waals surface area contributed by atoms with Crippen LogP contribution in [0.5, 0.6) is 0 Å². The minimum absolute atomic E-state index is 0.286. The number of piperazine rings is 1. The normalized spacial score (nSPS) is 23.8. The van der Waals surface area contributed by atoms with E-state index in [-0.39, 0.29) is 5.91 Å². The molecular weight excluding hydrogens is 240 g/mol. The Bertz CT molecular complexity index is 281. The Morgan fingerprint density at radius 2 is 1.74 bits per heavy atom. The van der Waals surface area contributed by atoms with Gasteiger partial charge in [-0.05, 0) is 45.9 Å². The van der Waals surface area contributed by atoms with Crippen molar-refractivity contribution in [2.75, 3.05) is 52.9 Å². The molecule has 0 radical (unpaired) electrons. The third kappa shape index (κ3) is 4.16. The zero-order chi connectivity index (χ0) is 13.7. The highest BCUT2D eigenvalue weighted by Gasteiger charge is 2.27. The van der Waals surface area contributed by atoms with Gasteiger partial charge in [0.2, 0.25) is 5.91 Å². The van der Waals surface area contributed by atoms with Crippen LogP contribution in [0.4, 0.5) is 0 Å². The Kier molecular flexibility index (Phi) is 5.60. The number of rotatable bonds is 4. The molecule has 0 bridgehead atoms. The molecule has 0 aromatic rings. The summed E-state index contributed by atoms with van der Waals surface area (Å²) < 4.78 is 0. The molecule has 2 fully saturated rings. The zero-order valence-corrected chi connectivity index (χ0v) is 12.2. The quantitative estimate of drug-likeness (QED) is 0.777. The molecule has 0 aliphatic carbocycles. The molecule has 1 amide bonds. The van der Waals surface area contributed by atoms with Crippen molar-refractivity contribution in [2.45, 2.75) is 31.7 Å². The lowest BCUT2D eigenvalue weighted by Gasteiger charge is -2.42. The molecule has 2 rings (SSSR count). The molecule has 0 aromatic heterocycles. The van der Waals surface area contributed by atoms with Crippen LogP contribution in [0.1, 0.15) is 25.7 Å². The molecule has 2 aliphatic rings. The van der Waals surface area contributed by atoms with Gasteiger partial charge in [-0.3, -0.25) is 9.69 Å². The second-order valence-electron chi connectivity index (χ2n) is 5.84. The second-order valence-corrected chi connectivity index (χ2v) is 5.84. The number of hydrogen-bond acceptors (Lipinski definition) is 4. The highest BCUT2D eigenvalue weighted by atomic mass is 16.2. The van der Waals surface area contributed by atoms with Crippen molar-refractivity contribution in [3.8, 4) is 0 Å². The Labute approximate surface area is 116 Å². The monoisotopic (exact) mass is 268 g/mol. The fourth-order valence-corrected chi connectivity index (χ4v) is 3.11. The molecule has 19 heavy (non-hydrogen) atoms. The predicted octanol–water partition coefficient (Wildman–Crippen LogP) is -0.0363. The van der Waals surface area contributed by atoms with Crippen molar-refractivity contribution in [3.63, 3.8) is 0 Å². The van der Waals surface area contributed by atoms with Gasteiger partial charge in [0.05, 0.1) is 0 Å². The molecule has 2 heterocycles. The lowest BCUT2D eigenvalue weighted by Crippen LogP contribution is -2.54. The minimum atomic E-state index is 0.286. The summed E-state index contributed by atoms with van der Waals surface area (Å²) in [6, 6.07) is 0.734. The van der Waals surface area contributed by atoms with E-state index in [1.54, 1.807) is 0 Å². The van der Waals surface area contributed by atoms with E-state index >= 15 is 0 Å². The summed E-state index contributed by atoms with van der Waals surface area (Å²) in [4.78, 5) is 18.9. The first-order chi connectivity index (χ1) is 9.20. The van der Waals surface area contributed by atoms with E-state index in [4.69, 9.17) is 5.73 Å². The highest BCUT2D eigenvalue weighted by molar-refractivity contribution is 5.76. The Morgan fingerprint density at radius 1 is 1.11 bits per heavy atom. The van der Waals surface area contributed by atoms with Crippen LogP contribution in [0.15, 0.2) is 0 Å². The van der Waals surface area contributed by atoms with Gasteiger partial charge in [0, 0.05) is 38.6 Å². The number of piperidine rings is 1. The lowest BCUT2D eigenvalue weighted by molar-refractivity contribution is -0.133. The summed E-state index contributed by atoms with van der Waals surface area (Å²) in [5.74, 6) is 0.286. The molecule has 0 saturated carbocycles. The third-order valence-electron chi connectivity index (χ3n) is 4.47. The number of amides is 1. The summed E-state index contributed by atoms with van der Waals surface area (Å²) in [5, 5.41) is 0. The standard InChI is InChI=1S/C14H28N4O/c1-16-7-4-13(5-8-16)17-9-11-18(12-10-17)14(19)3-2-6-15/h13H,2-12,15H2,1H3. The molecular formula is C14H28N4O. The zero-order valence-electron chi connectivity index (χ0n) is 12.2. The van der Waals surface area contributed by atoms with Gasteiger partial charge in [0.15, 0.2) is 0 Å². The van der Waals surface area contributed by atoms with Crippen LogP contribution < -0.4 is 5.73 Å². The molecule has 0 atom stereocenters. The molecule has 2 N–H and O–H groups in total. The van der Waals surface area contributed by atoms with Crippen LogP contribution in [-0.4, -0.2) is 79.5 Å². The van der Waals surface area contributed by atoms with Gasteiger partial charge >= 0.3 is 0 Å². The summed E-state index contributed by atoms with van der Waals surface area (Å²) in [7, 11) is 2.20. The van der Waals surface area contributed by atoms with E-state index in [0.29, 0.717) is 13.0 Å². The van der Waals surface area contributed by atoms with Crippen molar-refractivity contribution in [1.82, 2.24) is 14.7 Å². The van der Waals surface area contributed by atoms with Crippen LogP contribution >= 0.6 is 0 Å². The molecule has 5 heteroatoms. The first-order valence-corrected chi connectivity index (χ1v) is 7.61. The number of carbonyl (C=O) groups excluding carboxylic acids is 1. The van der Waals surface area contributed by atoms with Gasteiger partial charge in [-0.25, -0.2) is 0 Å². The fourth-order valence-electron chi connectivity index (χ4n) is 3.11. The summed E-state index contributed by atoms with van der Waals surface area (Å²) >= 11 is 0. The smallest absolute Gasteiger partial charge is 0.222 e. The highest BCUT2D eigenvalue weighted by Crippen LogP contribution is 2.17. The fraction of sp³-hybridized carbons (Fsp3) is 0.929. The van der Waals surface area contributed by atoms with Gasteiger partial charge in [0.1, 0.15) is 0 Å². The SMILES string of the molecule is CN1CCC(N2CCN(C(=O)CCCN)CC2)CC1. The van der Waals surface area contributed by atoms with E-state index in [1.165, 1.54) is 25.9 Å². The van der Waals surface area contributed by atoms with E-state index in [1.807, 2.05) is 4.90 Å². The van der Waals surface area contributed by atoms with Crippen LogP contribution in [0.3, 0.4) is 0 Å². The lowest BCUT2D eigenvalue weighted by atomic mass is 10.0. The Hall–Kier alpha value is -0.650. The van der Waals surface area contributed by atoms with Gasteiger partial charge in [-0.1, -0.05) is 0 Å². The molecule has 0 spiro atoms. The third-order valence-corrected chi connectivity index (χ3v) is 4.47. The number of carbonyl (C=O) groups is 1. The number of nitrogens with two attached hydrogens (primary N) is 1.